The molecule has 134 valence electrons. The van der Waals surface area contributed by atoms with Crippen LogP contribution in [0.4, 0.5) is 0 Å². The van der Waals surface area contributed by atoms with Crippen molar-refractivity contribution in [3.05, 3.63) is 60.2 Å². The van der Waals surface area contributed by atoms with Crippen LogP contribution in [-0.4, -0.2) is 39.4 Å². The topological polar surface area (TPSA) is 75.7 Å². The number of rotatable bonds is 8. The predicted octanol–water partition coefficient (Wildman–Crippen LogP) is 2.02. The number of amides is 1. The molecule has 0 spiro atoms. The van der Waals surface area contributed by atoms with Crippen molar-refractivity contribution in [2.45, 2.75) is 18.4 Å². The second kappa shape index (κ2) is 8.64. The van der Waals surface area contributed by atoms with E-state index >= 15 is 0 Å². The van der Waals surface area contributed by atoms with Gasteiger partial charge in [-0.15, -0.1) is 0 Å². The van der Waals surface area contributed by atoms with Crippen molar-refractivity contribution in [3.63, 3.8) is 0 Å². The number of hydrogen-bond donors (Lipinski definition) is 1. The fourth-order valence-corrected chi connectivity index (χ4v) is 3.34. The van der Waals surface area contributed by atoms with E-state index in [1.807, 2.05) is 24.3 Å². The van der Waals surface area contributed by atoms with Crippen LogP contribution in [0.1, 0.15) is 12.5 Å². The molecule has 6 nitrogen and oxygen atoms in total. The van der Waals surface area contributed by atoms with Crippen LogP contribution in [0.2, 0.25) is 0 Å². The maximum Gasteiger partial charge on any atom is 0.240 e. The van der Waals surface area contributed by atoms with Crippen molar-refractivity contribution in [1.82, 2.24) is 9.62 Å². The summed E-state index contributed by atoms with van der Waals surface area (Å²) in [6.07, 6.45) is 0. The number of nitrogens with zero attached hydrogens (tertiary/aromatic N) is 1. The Morgan fingerprint density at radius 1 is 1.08 bits per heavy atom. The fourth-order valence-electron chi connectivity index (χ4n) is 2.30. The Morgan fingerprint density at radius 2 is 1.72 bits per heavy atom. The quantitative estimate of drug-likeness (QED) is 0.780. The van der Waals surface area contributed by atoms with E-state index in [1.54, 1.807) is 30.2 Å². The van der Waals surface area contributed by atoms with Crippen LogP contribution in [0, 0.1) is 0 Å². The molecule has 0 radical (unpaired) electrons. The molecule has 1 amide bonds. The molecular weight excluding hydrogens is 340 g/mol. The molecular formula is C18H22N2O4S. The first-order valence-corrected chi connectivity index (χ1v) is 9.34. The van der Waals surface area contributed by atoms with Crippen molar-refractivity contribution in [3.8, 4) is 5.75 Å². The minimum absolute atomic E-state index is 0.116. The van der Waals surface area contributed by atoms with Gasteiger partial charge in [-0.2, -0.15) is 0 Å². The lowest BCUT2D eigenvalue weighted by molar-refractivity contribution is -0.129. The number of sulfonamides is 1. The molecule has 0 aliphatic heterocycles. The summed E-state index contributed by atoms with van der Waals surface area (Å²) in [5.74, 6) is 0.628. The molecule has 0 aliphatic carbocycles. The molecule has 2 rings (SSSR count). The van der Waals surface area contributed by atoms with Gasteiger partial charge >= 0.3 is 0 Å². The number of methoxy groups -OCH3 is 1. The van der Waals surface area contributed by atoms with Crippen LogP contribution < -0.4 is 9.46 Å². The summed E-state index contributed by atoms with van der Waals surface area (Å²) in [7, 11) is -1.98. The Kier molecular flexibility index (Phi) is 6.55. The highest BCUT2D eigenvalue weighted by atomic mass is 32.2. The molecule has 0 aliphatic rings. The summed E-state index contributed by atoms with van der Waals surface area (Å²) in [5, 5.41) is 0. The summed E-state index contributed by atoms with van der Waals surface area (Å²) in [6.45, 7) is 2.31. The minimum Gasteiger partial charge on any atom is -0.497 e. The summed E-state index contributed by atoms with van der Waals surface area (Å²) in [4.78, 5) is 13.6. The molecule has 1 N–H and O–H groups in total. The number of ether oxygens (including phenoxy) is 1. The molecule has 2 aromatic rings. The van der Waals surface area contributed by atoms with E-state index in [2.05, 4.69) is 4.72 Å². The van der Waals surface area contributed by atoms with Gasteiger partial charge in [-0.3, -0.25) is 4.79 Å². The van der Waals surface area contributed by atoms with Crippen molar-refractivity contribution in [2.75, 3.05) is 20.2 Å². The van der Waals surface area contributed by atoms with Crippen LogP contribution in [0.25, 0.3) is 0 Å². The van der Waals surface area contributed by atoms with Crippen LogP contribution in [0.3, 0.4) is 0 Å². The van der Waals surface area contributed by atoms with Gasteiger partial charge in [0.2, 0.25) is 15.9 Å². The largest absolute Gasteiger partial charge is 0.497 e. The van der Waals surface area contributed by atoms with Gasteiger partial charge in [0.1, 0.15) is 5.75 Å². The zero-order valence-electron chi connectivity index (χ0n) is 14.3. The van der Waals surface area contributed by atoms with E-state index < -0.39 is 10.0 Å². The molecule has 0 bridgehead atoms. The Balaban J connectivity index is 1.94. The van der Waals surface area contributed by atoms with Crippen LogP contribution in [0.15, 0.2) is 59.5 Å². The molecule has 0 saturated carbocycles. The number of benzene rings is 2. The Bertz CT molecular complexity index is 790. The van der Waals surface area contributed by atoms with Crippen molar-refractivity contribution in [2.24, 2.45) is 0 Å². The molecule has 0 heterocycles. The van der Waals surface area contributed by atoms with Gasteiger partial charge in [-0.1, -0.05) is 30.3 Å². The lowest BCUT2D eigenvalue weighted by Gasteiger charge is -2.21. The van der Waals surface area contributed by atoms with Crippen LogP contribution in [-0.2, 0) is 21.4 Å². The molecule has 2 aromatic carbocycles. The average molecular weight is 362 g/mol. The highest BCUT2D eigenvalue weighted by Gasteiger charge is 2.15. The van der Waals surface area contributed by atoms with Gasteiger partial charge in [0.05, 0.1) is 12.0 Å². The van der Waals surface area contributed by atoms with Gasteiger partial charge in [0.25, 0.3) is 0 Å². The number of carbonyl (C=O) groups excluding carboxylic acids is 1. The number of nitrogens with one attached hydrogen (secondary N) is 1. The van der Waals surface area contributed by atoms with Crippen molar-refractivity contribution < 1.29 is 17.9 Å². The third-order valence-electron chi connectivity index (χ3n) is 3.71. The van der Waals surface area contributed by atoms with E-state index in [9.17, 15) is 13.2 Å². The van der Waals surface area contributed by atoms with Gasteiger partial charge < -0.3 is 9.64 Å². The fraction of sp³-hybridized carbons (Fsp3) is 0.278. The van der Waals surface area contributed by atoms with Gasteiger partial charge in [-0.25, -0.2) is 13.1 Å². The second-order valence-electron chi connectivity index (χ2n) is 5.50. The number of hydrogen-bond acceptors (Lipinski definition) is 4. The maximum atomic E-state index is 12.2. The summed E-state index contributed by atoms with van der Waals surface area (Å²) in [5.41, 5.74) is 0.946. The smallest absolute Gasteiger partial charge is 0.240 e. The van der Waals surface area contributed by atoms with Crippen molar-refractivity contribution >= 4 is 15.9 Å². The molecule has 0 aromatic heterocycles. The van der Waals surface area contributed by atoms with Gasteiger partial charge in [0.15, 0.2) is 0 Å². The third kappa shape index (κ3) is 5.58. The zero-order chi connectivity index (χ0) is 18.3. The summed E-state index contributed by atoms with van der Waals surface area (Å²) < 4.78 is 32.0. The van der Waals surface area contributed by atoms with Crippen LogP contribution in [0.5, 0.6) is 5.75 Å². The monoisotopic (exact) mass is 362 g/mol. The molecule has 25 heavy (non-hydrogen) atoms. The number of carbonyl (C=O) groups is 1. The van der Waals surface area contributed by atoms with Crippen LogP contribution >= 0.6 is 0 Å². The Labute approximate surface area is 148 Å². The first kappa shape index (κ1) is 19.0. The van der Waals surface area contributed by atoms with E-state index in [1.165, 1.54) is 19.1 Å². The predicted molar refractivity (Wildman–Crippen MR) is 95.7 cm³/mol. The van der Waals surface area contributed by atoms with E-state index in [-0.39, 0.29) is 23.9 Å². The first-order chi connectivity index (χ1) is 11.9. The summed E-state index contributed by atoms with van der Waals surface area (Å²) >= 11 is 0. The van der Waals surface area contributed by atoms with E-state index in [4.69, 9.17) is 4.74 Å². The van der Waals surface area contributed by atoms with Gasteiger partial charge in [0, 0.05) is 26.6 Å². The SMILES string of the molecule is COc1ccc(CN(CCNS(=O)(=O)c2ccccc2)C(C)=O)cc1. The molecule has 0 unspecified atom stereocenters. The third-order valence-corrected chi connectivity index (χ3v) is 5.18. The lowest BCUT2D eigenvalue weighted by atomic mass is 10.2. The average Bonchev–Trinajstić information content (AvgIpc) is 2.62. The highest BCUT2D eigenvalue weighted by Crippen LogP contribution is 2.13. The Hall–Kier alpha value is -2.38. The Morgan fingerprint density at radius 3 is 2.28 bits per heavy atom. The van der Waals surface area contributed by atoms with E-state index in [0.29, 0.717) is 6.54 Å². The molecule has 0 saturated heterocycles. The normalized spacial score (nSPS) is 11.1. The molecule has 7 heteroatoms. The van der Waals surface area contributed by atoms with Gasteiger partial charge in [-0.05, 0) is 29.8 Å². The maximum absolute atomic E-state index is 12.2. The summed E-state index contributed by atoms with van der Waals surface area (Å²) in [6, 6.07) is 15.6. The zero-order valence-corrected chi connectivity index (χ0v) is 15.1. The minimum atomic E-state index is -3.57. The second-order valence-corrected chi connectivity index (χ2v) is 7.27. The highest BCUT2D eigenvalue weighted by molar-refractivity contribution is 7.89. The van der Waals surface area contributed by atoms with Crippen molar-refractivity contribution in [1.29, 1.82) is 0 Å². The molecule has 0 fully saturated rings. The van der Waals surface area contributed by atoms with E-state index in [0.717, 1.165) is 11.3 Å². The standard InChI is InChI=1S/C18H22N2O4S/c1-15(21)20(14-16-8-10-17(24-2)11-9-16)13-12-19-25(22,23)18-6-4-3-5-7-18/h3-11,19H,12-14H2,1-2H3. The lowest BCUT2D eigenvalue weighted by Crippen LogP contribution is -2.37. The first-order valence-electron chi connectivity index (χ1n) is 7.85. The molecule has 0 atom stereocenters.